The summed E-state index contributed by atoms with van der Waals surface area (Å²) in [5, 5.41) is 0.596. The van der Waals surface area contributed by atoms with Crippen LogP contribution >= 0.6 is 11.3 Å². The maximum absolute atomic E-state index is 5.67. The third-order valence-corrected chi connectivity index (χ3v) is 2.56. The van der Waals surface area contributed by atoms with Gasteiger partial charge in [-0.25, -0.2) is 4.98 Å². The average Bonchev–Trinajstić information content (AvgIpc) is 2.29. The van der Waals surface area contributed by atoms with E-state index in [1.807, 2.05) is 19.1 Å². The lowest BCUT2D eigenvalue weighted by molar-refractivity contribution is 1.43. The van der Waals surface area contributed by atoms with E-state index in [1.165, 1.54) is 11.3 Å². The van der Waals surface area contributed by atoms with E-state index in [0.29, 0.717) is 5.13 Å². The molecule has 2 aromatic rings. The molecule has 1 aromatic heterocycles. The van der Waals surface area contributed by atoms with Gasteiger partial charge < -0.3 is 11.5 Å². The van der Waals surface area contributed by atoms with E-state index in [4.69, 9.17) is 11.5 Å². The first-order valence-corrected chi connectivity index (χ1v) is 4.40. The Morgan fingerprint density at radius 1 is 1.33 bits per heavy atom. The molecule has 0 bridgehead atoms. The highest BCUT2D eigenvalue weighted by Crippen LogP contribution is 2.28. The van der Waals surface area contributed by atoms with Crippen LogP contribution in [0.5, 0.6) is 0 Å². The highest BCUT2D eigenvalue weighted by Gasteiger charge is 2.03. The largest absolute Gasteiger partial charge is 0.399 e. The number of nitrogens with two attached hydrogens (primary N) is 2. The number of anilines is 2. The minimum atomic E-state index is 0.596. The summed E-state index contributed by atoms with van der Waals surface area (Å²) >= 11 is 1.47. The zero-order valence-corrected chi connectivity index (χ0v) is 7.48. The Morgan fingerprint density at radius 3 is 2.83 bits per heavy atom. The maximum Gasteiger partial charge on any atom is 0.181 e. The van der Waals surface area contributed by atoms with Crippen LogP contribution < -0.4 is 11.5 Å². The van der Waals surface area contributed by atoms with Crippen LogP contribution in [0.3, 0.4) is 0 Å². The van der Waals surface area contributed by atoms with Crippen LogP contribution in [-0.2, 0) is 0 Å². The van der Waals surface area contributed by atoms with E-state index in [9.17, 15) is 0 Å². The first-order valence-electron chi connectivity index (χ1n) is 3.59. The topological polar surface area (TPSA) is 64.9 Å². The number of hydrogen-bond acceptors (Lipinski definition) is 4. The van der Waals surface area contributed by atoms with Crippen molar-refractivity contribution < 1.29 is 0 Å². The standard InChI is InChI=1S/C8H9N3S/c1-4-2-5(9)3-6-7(4)11-8(10)12-6/h2-3H,9H2,1H3,(H2,10,11). The lowest BCUT2D eigenvalue weighted by Gasteiger charge is -1.95. The molecule has 4 N–H and O–H groups in total. The van der Waals surface area contributed by atoms with Crippen LogP contribution in [0.25, 0.3) is 10.2 Å². The van der Waals surface area contributed by atoms with Crippen LogP contribution in [0.1, 0.15) is 5.56 Å². The first kappa shape index (κ1) is 7.36. The van der Waals surface area contributed by atoms with Crippen LogP contribution in [0, 0.1) is 6.92 Å². The van der Waals surface area contributed by atoms with Crippen LogP contribution in [-0.4, -0.2) is 4.98 Å². The number of nitrogen functional groups attached to an aromatic ring is 2. The molecule has 1 aromatic carbocycles. The maximum atomic E-state index is 5.67. The van der Waals surface area contributed by atoms with Gasteiger partial charge in [-0.3, -0.25) is 0 Å². The van der Waals surface area contributed by atoms with Gasteiger partial charge in [0.2, 0.25) is 0 Å². The average molecular weight is 179 g/mol. The minimum absolute atomic E-state index is 0.596. The van der Waals surface area contributed by atoms with Gasteiger partial charge in [-0.1, -0.05) is 11.3 Å². The minimum Gasteiger partial charge on any atom is -0.399 e. The summed E-state index contributed by atoms with van der Waals surface area (Å²) in [5.41, 5.74) is 14.1. The number of hydrogen-bond donors (Lipinski definition) is 2. The van der Waals surface area contributed by atoms with Crippen LogP contribution in [0.15, 0.2) is 12.1 Å². The number of aromatic nitrogens is 1. The number of fused-ring (bicyclic) bond motifs is 1. The number of nitrogens with zero attached hydrogens (tertiary/aromatic N) is 1. The van der Waals surface area contributed by atoms with Crippen molar-refractivity contribution in [2.45, 2.75) is 6.92 Å². The molecule has 0 atom stereocenters. The van der Waals surface area contributed by atoms with Crippen LogP contribution in [0.4, 0.5) is 10.8 Å². The molecule has 0 aliphatic heterocycles. The predicted octanol–water partition coefficient (Wildman–Crippen LogP) is 1.77. The van der Waals surface area contributed by atoms with Gasteiger partial charge in [0, 0.05) is 5.69 Å². The molecular formula is C8H9N3S. The summed E-state index contributed by atoms with van der Waals surface area (Å²) in [6, 6.07) is 3.80. The summed E-state index contributed by atoms with van der Waals surface area (Å²) < 4.78 is 1.06. The lowest BCUT2D eigenvalue weighted by atomic mass is 10.2. The highest BCUT2D eigenvalue weighted by molar-refractivity contribution is 7.22. The van der Waals surface area contributed by atoms with E-state index in [0.717, 1.165) is 21.5 Å². The summed E-state index contributed by atoms with van der Waals surface area (Å²) in [4.78, 5) is 4.19. The van der Waals surface area contributed by atoms with Crippen molar-refractivity contribution in [2.75, 3.05) is 11.5 Å². The Bertz CT molecular complexity index is 433. The van der Waals surface area contributed by atoms with E-state index in [1.54, 1.807) is 0 Å². The molecule has 2 rings (SSSR count). The van der Waals surface area contributed by atoms with Gasteiger partial charge in [0.25, 0.3) is 0 Å². The Labute approximate surface area is 74.0 Å². The fourth-order valence-electron chi connectivity index (χ4n) is 1.24. The SMILES string of the molecule is Cc1cc(N)cc2sc(N)nc12. The van der Waals surface area contributed by atoms with Crippen LogP contribution in [0.2, 0.25) is 0 Å². The molecule has 0 fully saturated rings. The van der Waals surface area contributed by atoms with Gasteiger partial charge >= 0.3 is 0 Å². The Kier molecular flexibility index (Phi) is 1.44. The number of aryl methyl sites for hydroxylation is 1. The molecule has 0 unspecified atom stereocenters. The third-order valence-electron chi connectivity index (χ3n) is 1.72. The fraction of sp³-hybridized carbons (Fsp3) is 0.125. The van der Waals surface area contributed by atoms with Gasteiger partial charge in [-0.15, -0.1) is 0 Å². The van der Waals surface area contributed by atoms with Gasteiger partial charge in [0.05, 0.1) is 10.2 Å². The normalized spacial score (nSPS) is 10.8. The molecule has 0 radical (unpaired) electrons. The molecule has 0 spiro atoms. The van der Waals surface area contributed by atoms with Gasteiger partial charge in [0.1, 0.15) is 0 Å². The highest BCUT2D eigenvalue weighted by atomic mass is 32.1. The number of rotatable bonds is 0. The second kappa shape index (κ2) is 2.35. The van der Waals surface area contributed by atoms with E-state index < -0.39 is 0 Å². The van der Waals surface area contributed by atoms with Crippen molar-refractivity contribution in [3.63, 3.8) is 0 Å². The molecule has 4 heteroatoms. The molecule has 62 valence electrons. The number of thiazole rings is 1. The summed E-state index contributed by atoms with van der Waals surface area (Å²) in [5.74, 6) is 0. The smallest absolute Gasteiger partial charge is 0.181 e. The summed E-state index contributed by atoms with van der Waals surface area (Å²) in [7, 11) is 0. The molecule has 0 saturated heterocycles. The lowest BCUT2D eigenvalue weighted by Crippen LogP contribution is -1.86. The second-order valence-corrected chi connectivity index (χ2v) is 3.80. The molecule has 0 saturated carbocycles. The monoisotopic (exact) mass is 179 g/mol. The fourth-order valence-corrected chi connectivity index (χ4v) is 2.10. The van der Waals surface area contributed by atoms with Gasteiger partial charge in [-0.05, 0) is 24.6 Å². The van der Waals surface area contributed by atoms with E-state index >= 15 is 0 Å². The molecule has 3 nitrogen and oxygen atoms in total. The van der Waals surface area contributed by atoms with Crippen molar-refractivity contribution in [1.29, 1.82) is 0 Å². The van der Waals surface area contributed by atoms with Gasteiger partial charge in [-0.2, -0.15) is 0 Å². The molecule has 1 heterocycles. The summed E-state index contributed by atoms with van der Waals surface area (Å²) in [6.45, 7) is 1.98. The van der Waals surface area contributed by atoms with Crippen molar-refractivity contribution in [3.8, 4) is 0 Å². The predicted molar refractivity (Wildman–Crippen MR) is 53.2 cm³/mol. The summed E-state index contributed by atoms with van der Waals surface area (Å²) in [6.07, 6.45) is 0. The Balaban J connectivity index is 2.88. The molecule has 0 amide bonds. The van der Waals surface area contributed by atoms with Crippen molar-refractivity contribution in [2.24, 2.45) is 0 Å². The second-order valence-electron chi connectivity index (χ2n) is 2.74. The molecular weight excluding hydrogens is 170 g/mol. The van der Waals surface area contributed by atoms with Crippen molar-refractivity contribution in [3.05, 3.63) is 17.7 Å². The zero-order valence-electron chi connectivity index (χ0n) is 6.66. The molecule has 0 aliphatic rings. The quantitative estimate of drug-likeness (QED) is 0.606. The van der Waals surface area contributed by atoms with E-state index in [2.05, 4.69) is 4.98 Å². The third kappa shape index (κ3) is 1.00. The molecule has 12 heavy (non-hydrogen) atoms. The molecule has 0 aliphatic carbocycles. The van der Waals surface area contributed by atoms with Gasteiger partial charge in [0.15, 0.2) is 5.13 Å². The zero-order chi connectivity index (χ0) is 8.72. The Morgan fingerprint density at radius 2 is 2.08 bits per heavy atom. The Hall–Kier alpha value is -1.29. The van der Waals surface area contributed by atoms with Crippen molar-refractivity contribution >= 4 is 32.4 Å². The van der Waals surface area contributed by atoms with E-state index in [-0.39, 0.29) is 0 Å². The first-order chi connectivity index (χ1) is 5.66. The van der Waals surface area contributed by atoms with Crippen molar-refractivity contribution in [1.82, 2.24) is 4.98 Å². The number of benzene rings is 1.